The number of aliphatic carboxylic acids is 1. The molecule has 3 rings (SSSR count). The van der Waals surface area contributed by atoms with Gasteiger partial charge in [-0.15, -0.1) is 0 Å². The molecule has 1 aliphatic rings. The van der Waals surface area contributed by atoms with Crippen molar-refractivity contribution in [2.45, 2.75) is 51.7 Å². The highest BCUT2D eigenvalue weighted by molar-refractivity contribution is 6.32. The van der Waals surface area contributed by atoms with E-state index in [4.69, 9.17) is 21.4 Å². The highest BCUT2D eigenvalue weighted by atomic mass is 35.5. The molecule has 2 aromatic carbocycles. The number of nitrogens with zero attached hydrogens (tertiary/aromatic N) is 1. The van der Waals surface area contributed by atoms with Crippen molar-refractivity contribution in [1.29, 1.82) is 0 Å². The van der Waals surface area contributed by atoms with Crippen LogP contribution >= 0.6 is 11.6 Å². The molecule has 0 spiro atoms. The number of rotatable bonds is 13. The first-order chi connectivity index (χ1) is 18.5. The second-order valence-corrected chi connectivity index (χ2v) is 10.6. The van der Waals surface area contributed by atoms with Crippen LogP contribution in [0.3, 0.4) is 0 Å². The molecule has 4 nitrogen and oxygen atoms in total. The number of hydrogen-bond acceptors (Lipinski definition) is 3. The fourth-order valence-electron chi connectivity index (χ4n) is 4.76. The Morgan fingerprint density at radius 3 is 2.56 bits per heavy atom. The smallest absolute Gasteiger partial charge is 0.417 e. The fourth-order valence-corrected chi connectivity index (χ4v) is 5.06. The van der Waals surface area contributed by atoms with Crippen molar-refractivity contribution in [3.8, 4) is 0 Å². The summed E-state index contributed by atoms with van der Waals surface area (Å²) in [6.45, 7) is 6.25. The average Bonchev–Trinajstić information content (AvgIpc) is 2.86. The Morgan fingerprint density at radius 1 is 1.15 bits per heavy atom. The Morgan fingerprint density at radius 2 is 1.90 bits per heavy atom. The Bertz CT molecular complexity index is 1190. The molecule has 2 aromatic rings. The van der Waals surface area contributed by atoms with Crippen molar-refractivity contribution >= 4 is 17.6 Å². The normalized spacial score (nSPS) is 15.6. The van der Waals surface area contributed by atoms with Crippen LogP contribution in [0.4, 0.5) is 13.2 Å². The zero-order valence-electron chi connectivity index (χ0n) is 22.3. The third-order valence-electron chi connectivity index (χ3n) is 6.47. The summed E-state index contributed by atoms with van der Waals surface area (Å²) in [5, 5.41) is 8.73. The Kier molecular flexibility index (Phi) is 11.3. The third kappa shape index (κ3) is 9.90. The molecular formula is C31H35ClF3NO3. The van der Waals surface area contributed by atoms with Crippen LogP contribution in [0.25, 0.3) is 0 Å². The van der Waals surface area contributed by atoms with E-state index in [0.717, 1.165) is 18.6 Å². The zero-order valence-corrected chi connectivity index (χ0v) is 23.0. The Labute approximate surface area is 233 Å². The second kappa shape index (κ2) is 14.4. The lowest BCUT2D eigenvalue weighted by Crippen LogP contribution is -2.31. The third-order valence-corrected chi connectivity index (χ3v) is 6.92. The first-order valence-corrected chi connectivity index (χ1v) is 13.5. The van der Waals surface area contributed by atoms with Gasteiger partial charge in [0.2, 0.25) is 0 Å². The number of alkyl halides is 3. The molecule has 0 unspecified atom stereocenters. The van der Waals surface area contributed by atoms with Crippen LogP contribution in [-0.4, -0.2) is 35.7 Å². The monoisotopic (exact) mass is 561 g/mol. The molecule has 0 aliphatic heterocycles. The number of halogens is 4. The summed E-state index contributed by atoms with van der Waals surface area (Å²) in [7, 11) is 0. The lowest BCUT2D eigenvalue weighted by molar-refractivity contribution is -0.137. The number of carboxylic acids is 1. The van der Waals surface area contributed by atoms with Crippen molar-refractivity contribution in [2.75, 3.05) is 19.7 Å². The summed E-state index contributed by atoms with van der Waals surface area (Å²) in [5.41, 5.74) is 1.46. The molecule has 0 fully saturated rings. The van der Waals surface area contributed by atoms with Gasteiger partial charge in [-0.1, -0.05) is 80.1 Å². The zero-order chi connectivity index (χ0) is 28.4. The summed E-state index contributed by atoms with van der Waals surface area (Å²) in [5.74, 6) is 0.317. The molecule has 210 valence electrons. The largest absolute Gasteiger partial charge is 0.498 e. The number of allylic oxidation sites excluding steroid dienone is 4. The van der Waals surface area contributed by atoms with Crippen LogP contribution in [-0.2, 0) is 22.3 Å². The topological polar surface area (TPSA) is 49.8 Å². The number of benzene rings is 2. The molecule has 0 radical (unpaired) electrons. The predicted molar refractivity (Wildman–Crippen MR) is 148 cm³/mol. The summed E-state index contributed by atoms with van der Waals surface area (Å²) in [6.07, 6.45) is 3.91. The van der Waals surface area contributed by atoms with Gasteiger partial charge in [0.05, 0.1) is 17.2 Å². The maximum atomic E-state index is 13.5. The second-order valence-electron chi connectivity index (χ2n) is 10.2. The van der Waals surface area contributed by atoms with Gasteiger partial charge in [-0.2, -0.15) is 13.2 Å². The minimum atomic E-state index is -4.52. The van der Waals surface area contributed by atoms with E-state index in [9.17, 15) is 18.0 Å². The van der Waals surface area contributed by atoms with Crippen LogP contribution in [0.15, 0.2) is 84.2 Å². The first kappa shape index (κ1) is 30.5. The fraction of sp³-hybridized carbons (Fsp3) is 0.387. The highest BCUT2D eigenvalue weighted by Crippen LogP contribution is 2.37. The Hall–Kier alpha value is -3.03. The van der Waals surface area contributed by atoms with Gasteiger partial charge < -0.3 is 9.84 Å². The standard InChI is InChI=1S/C31H35ClF3NO3/c1-22(2)17-26(24-10-4-3-5-11-24)21-36(20-25-12-7-14-28(30(25)32)31(33,34)35)15-8-16-39-27-13-6-9-23(18-27)19-29(37)38/h3-7,9-14,19,22,26H,8,15-18,20-21H2,1-2H3,(H,37,38)/t26-/m1/s1. The van der Waals surface area contributed by atoms with Gasteiger partial charge in [0, 0.05) is 32.1 Å². The van der Waals surface area contributed by atoms with Crippen LogP contribution in [0, 0.1) is 5.92 Å². The van der Waals surface area contributed by atoms with Gasteiger partial charge in [0.1, 0.15) is 5.76 Å². The lowest BCUT2D eigenvalue weighted by atomic mass is 9.89. The van der Waals surface area contributed by atoms with Crippen molar-refractivity contribution in [3.63, 3.8) is 0 Å². The molecule has 0 saturated heterocycles. The summed E-state index contributed by atoms with van der Waals surface area (Å²) in [6, 6.07) is 14.2. The van der Waals surface area contributed by atoms with E-state index in [1.54, 1.807) is 18.2 Å². The average molecular weight is 562 g/mol. The molecule has 1 atom stereocenters. The van der Waals surface area contributed by atoms with Crippen molar-refractivity contribution in [1.82, 2.24) is 4.90 Å². The van der Waals surface area contributed by atoms with E-state index in [-0.39, 0.29) is 17.5 Å². The van der Waals surface area contributed by atoms with Gasteiger partial charge in [-0.25, -0.2) is 4.79 Å². The van der Waals surface area contributed by atoms with Gasteiger partial charge in [-0.05, 0) is 53.5 Å². The van der Waals surface area contributed by atoms with Gasteiger partial charge in [0.15, 0.2) is 0 Å². The molecular weight excluding hydrogens is 527 g/mol. The molecule has 8 heteroatoms. The Balaban J connectivity index is 1.74. The molecule has 1 aliphatic carbocycles. The maximum absolute atomic E-state index is 13.5. The number of carbonyl (C=O) groups is 1. The first-order valence-electron chi connectivity index (χ1n) is 13.1. The molecule has 0 bridgehead atoms. The van der Waals surface area contributed by atoms with Gasteiger partial charge in [-0.3, -0.25) is 4.90 Å². The van der Waals surface area contributed by atoms with Crippen LogP contribution < -0.4 is 0 Å². The maximum Gasteiger partial charge on any atom is 0.417 e. The summed E-state index contributed by atoms with van der Waals surface area (Å²) < 4.78 is 46.4. The van der Waals surface area contributed by atoms with E-state index >= 15 is 0 Å². The number of carboxylic acid groups (broad SMARTS) is 1. The molecule has 39 heavy (non-hydrogen) atoms. The van der Waals surface area contributed by atoms with Crippen LogP contribution in [0.5, 0.6) is 0 Å². The summed E-state index contributed by atoms with van der Waals surface area (Å²) in [4.78, 5) is 13.1. The van der Waals surface area contributed by atoms with Crippen LogP contribution in [0.2, 0.25) is 5.02 Å². The predicted octanol–water partition coefficient (Wildman–Crippen LogP) is 8.25. The molecule has 0 heterocycles. The van der Waals surface area contributed by atoms with E-state index in [2.05, 4.69) is 30.9 Å². The SMILES string of the molecule is CC(C)C[C@H](CN(CCCOC1=CC=CC(=CC(=O)O)C1)Cc1cccc(C(F)(F)F)c1Cl)c1ccccc1. The number of hydrogen-bond donors (Lipinski definition) is 1. The molecule has 0 aromatic heterocycles. The minimum Gasteiger partial charge on any atom is -0.498 e. The van der Waals surface area contributed by atoms with Crippen molar-refractivity contribution < 1.29 is 27.8 Å². The van der Waals surface area contributed by atoms with E-state index in [0.29, 0.717) is 55.4 Å². The van der Waals surface area contributed by atoms with E-state index < -0.39 is 17.7 Å². The minimum absolute atomic E-state index is 0.201. The van der Waals surface area contributed by atoms with E-state index in [1.165, 1.54) is 11.6 Å². The lowest BCUT2D eigenvalue weighted by Gasteiger charge is -2.30. The van der Waals surface area contributed by atoms with Crippen LogP contribution in [0.1, 0.15) is 55.7 Å². The van der Waals surface area contributed by atoms with Gasteiger partial charge >= 0.3 is 12.1 Å². The number of ether oxygens (including phenoxy) is 1. The van der Waals surface area contributed by atoms with Crippen molar-refractivity contribution in [3.05, 3.63) is 106 Å². The molecule has 0 saturated carbocycles. The van der Waals surface area contributed by atoms with Crippen molar-refractivity contribution in [2.24, 2.45) is 5.92 Å². The molecule has 0 amide bonds. The quantitative estimate of drug-likeness (QED) is 0.197. The molecule has 1 N–H and O–H groups in total. The van der Waals surface area contributed by atoms with E-state index in [1.807, 2.05) is 24.3 Å². The van der Waals surface area contributed by atoms with Gasteiger partial charge in [0.25, 0.3) is 0 Å². The highest BCUT2D eigenvalue weighted by Gasteiger charge is 2.34. The summed E-state index contributed by atoms with van der Waals surface area (Å²) >= 11 is 6.26.